The third kappa shape index (κ3) is 6.16. The van der Waals surface area contributed by atoms with Crippen molar-refractivity contribution in [3.8, 4) is 0 Å². The number of hydrogen-bond acceptors (Lipinski definition) is 4. The second kappa shape index (κ2) is 9.23. The van der Waals surface area contributed by atoms with Crippen LogP contribution in [0.25, 0.3) is 0 Å². The monoisotopic (exact) mass is 345 g/mol. The molecule has 2 rings (SSSR count). The van der Waals surface area contributed by atoms with E-state index in [1.54, 1.807) is 18.3 Å². The molecule has 0 spiro atoms. The lowest BCUT2D eigenvalue weighted by Gasteiger charge is -2.13. The summed E-state index contributed by atoms with van der Waals surface area (Å²) in [4.78, 5) is 25.0. The minimum Gasteiger partial charge on any atom is -0.453 e. The van der Waals surface area contributed by atoms with Crippen molar-refractivity contribution >= 4 is 23.2 Å². The molecule has 0 fully saturated rings. The second-order valence-corrected chi connectivity index (χ2v) is 6.80. The largest absolute Gasteiger partial charge is 0.453 e. The van der Waals surface area contributed by atoms with E-state index in [0.717, 1.165) is 18.4 Å². The molecule has 1 heterocycles. The SMILES string of the molecule is Cc1ccc(CNC(=O)[C@H](C)OC(=O)CCCc2cccs2)cc1. The molecule has 0 aliphatic carbocycles. The van der Waals surface area contributed by atoms with Gasteiger partial charge in [-0.2, -0.15) is 0 Å². The molecule has 1 aromatic carbocycles. The van der Waals surface area contributed by atoms with Gasteiger partial charge in [-0.05, 0) is 43.7 Å². The summed E-state index contributed by atoms with van der Waals surface area (Å²) in [6.07, 6.45) is 1.15. The molecule has 0 radical (unpaired) electrons. The Balaban J connectivity index is 1.66. The summed E-state index contributed by atoms with van der Waals surface area (Å²) >= 11 is 1.68. The van der Waals surface area contributed by atoms with Crippen LogP contribution in [0.3, 0.4) is 0 Å². The Morgan fingerprint density at radius 1 is 1.21 bits per heavy atom. The van der Waals surface area contributed by atoms with E-state index in [9.17, 15) is 9.59 Å². The van der Waals surface area contributed by atoms with Crippen LogP contribution in [-0.4, -0.2) is 18.0 Å². The van der Waals surface area contributed by atoms with Gasteiger partial charge in [-0.1, -0.05) is 35.9 Å². The van der Waals surface area contributed by atoms with Crippen LogP contribution in [0.4, 0.5) is 0 Å². The third-order valence-corrected chi connectivity index (χ3v) is 4.59. The average Bonchev–Trinajstić information content (AvgIpc) is 3.07. The molecule has 0 saturated carbocycles. The summed E-state index contributed by atoms with van der Waals surface area (Å²) in [5.41, 5.74) is 2.19. The maximum absolute atomic E-state index is 12.0. The van der Waals surface area contributed by atoms with Gasteiger partial charge in [0.15, 0.2) is 6.10 Å². The van der Waals surface area contributed by atoms with E-state index in [1.165, 1.54) is 10.4 Å². The summed E-state index contributed by atoms with van der Waals surface area (Å²) in [5, 5.41) is 4.81. The maximum Gasteiger partial charge on any atom is 0.306 e. The lowest BCUT2D eigenvalue weighted by Crippen LogP contribution is -2.35. The van der Waals surface area contributed by atoms with Crippen LogP contribution in [0, 0.1) is 6.92 Å². The number of carbonyl (C=O) groups is 2. The molecule has 128 valence electrons. The first-order valence-corrected chi connectivity index (χ1v) is 8.97. The fourth-order valence-corrected chi connectivity index (χ4v) is 2.96. The Hall–Kier alpha value is -2.14. The molecule has 0 unspecified atom stereocenters. The quantitative estimate of drug-likeness (QED) is 0.743. The first-order valence-electron chi connectivity index (χ1n) is 8.09. The predicted octanol–water partition coefficient (Wildman–Crippen LogP) is 3.63. The highest BCUT2D eigenvalue weighted by molar-refractivity contribution is 7.09. The summed E-state index contributed by atoms with van der Waals surface area (Å²) in [6, 6.07) is 12.0. The molecule has 0 bridgehead atoms. The highest BCUT2D eigenvalue weighted by Gasteiger charge is 2.17. The van der Waals surface area contributed by atoms with E-state index in [0.29, 0.717) is 13.0 Å². The van der Waals surface area contributed by atoms with Gasteiger partial charge >= 0.3 is 5.97 Å². The average molecular weight is 345 g/mol. The highest BCUT2D eigenvalue weighted by Crippen LogP contribution is 2.12. The van der Waals surface area contributed by atoms with E-state index < -0.39 is 6.10 Å². The Labute approximate surface area is 146 Å². The van der Waals surface area contributed by atoms with Gasteiger partial charge in [-0.15, -0.1) is 11.3 Å². The minimum absolute atomic E-state index is 0.276. The van der Waals surface area contributed by atoms with Crippen molar-refractivity contribution < 1.29 is 14.3 Å². The Bertz CT molecular complexity index is 650. The van der Waals surface area contributed by atoms with Crippen LogP contribution in [0.15, 0.2) is 41.8 Å². The molecule has 0 aliphatic heterocycles. The number of nitrogens with one attached hydrogen (secondary N) is 1. The summed E-state index contributed by atoms with van der Waals surface area (Å²) in [6.45, 7) is 4.05. The van der Waals surface area contributed by atoms with Crippen molar-refractivity contribution in [3.05, 3.63) is 57.8 Å². The van der Waals surface area contributed by atoms with Gasteiger partial charge in [0.2, 0.25) is 0 Å². The molecule has 5 heteroatoms. The summed E-state index contributed by atoms with van der Waals surface area (Å²) < 4.78 is 5.19. The molecule has 1 atom stereocenters. The smallest absolute Gasteiger partial charge is 0.306 e. The van der Waals surface area contributed by atoms with Gasteiger partial charge in [0.25, 0.3) is 5.91 Å². The number of amides is 1. The van der Waals surface area contributed by atoms with Gasteiger partial charge in [0.1, 0.15) is 0 Å². The Morgan fingerprint density at radius 2 is 1.96 bits per heavy atom. The zero-order valence-electron chi connectivity index (χ0n) is 14.1. The molecule has 1 amide bonds. The number of esters is 1. The zero-order valence-corrected chi connectivity index (χ0v) is 14.9. The fourth-order valence-electron chi connectivity index (χ4n) is 2.21. The molecule has 0 aliphatic rings. The number of rotatable bonds is 8. The lowest BCUT2D eigenvalue weighted by molar-refractivity contribution is -0.154. The van der Waals surface area contributed by atoms with Gasteiger partial charge < -0.3 is 10.1 Å². The number of thiophene rings is 1. The van der Waals surface area contributed by atoms with Gasteiger partial charge in [-0.25, -0.2) is 0 Å². The molecule has 2 aromatic rings. The van der Waals surface area contributed by atoms with Crippen molar-refractivity contribution in [2.24, 2.45) is 0 Å². The summed E-state index contributed by atoms with van der Waals surface area (Å²) in [5.74, 6) is -0.605. The van der Waals surface area contributed by atoms with Crippen molar-refractivity contribution in [2.45, 2.75) is 45.8 Å². The molecule has 1 N–H and O–H groups in total. The van der Waals surface area contributed by atoms with Crippen LogP contribution in [0.5, 0.6) is 0 Å². The first-order chi connectivity index (χ1) is 11.5. The first kappa shape index (κ1) is 18.2. The van der Waals surface area contributed by atoms with E-state index in [-0.39, 0.29) is 11.9 Å². The van der Waals surface area contributed by atoms with E-state index in [4.69, 9.17) is 4.74 Å². The number of hydrogen-bond donors (Lipinski definition) is 1. The number of aryl methyl sites for hydroxylation is 2. The predicted molar refractivity (Wildman–Crippen MR) is 95.8 cm³/mol. The normalized spacial score (nSPS) is 11.8. The number of ether oxygens (including phenoxy) is 1. The molecule has 24 heavy (non-hydrogen) atoms. The molecule has 4 nitrogen and oxygen atoms in total. The van der Waals surface area contributed by atoms with Crippen LogP contribution in [-0.2, 0) is 27.3 Å². The number of carbonyl (C=O) groups excluding carboxylic acids is 2. The highest BCUT2D eigenvalue weighted by atomic mass is 32.1. The minimum atomic E-state index is -0.773. The second-order valence-electron chi connectivity index (χ2n) is 5.77. The van der Waals surface area contributed by atoms with Crippen LogP contribution in [0.2, 0.25) is 0 Å². The Morgan fingerprint density at radius 3 is 2.62 bits per heavy atom. The zero-order chi connectivity index (χ0) is 17.4. The van der Waals surface area contributed by atoms with Gasteiger partial charge in [-0.3, -0.25) is 9.59 Å². The van der Waals surface area contributed by atoms with Gasteiger partial charge in [0, 0.05) is 17.8 Å². The van der Waals surface area contributed by atoms with Crippen molar-refractivity contribution in [2.75, 3.05) is 0 Å². The molecule has 0 saturated heterocycles. The molecular weight excluding hydrogens is 322 g/mol. The van der Waals surface area contributed by atoms with Crippen molar-refractivity contribution in [3.63, 3.8) is 0 Å². The Kier molecular flexibility index (Phi) is 7.00. The molecular formula is C19H23NO3S. The fraction of sp³-hybridized carbons (Fsp3) is 0.368. The van der Waals surface area contributed by atoms with E-state index >= 15 is 0 Å². The topological polar surface area (TPSA) is 55.4 Å². The van der Waals surface area contributed by atoms with Crippen molar-refractivity contribution in [1.29, 1.82) is 0 Å². The van der Waals surface area contributed by atoms with E-state index in [2.05, 4.69) is 11.4 Å². The van der Waals surface area contributed by atoms with Crippen LogP contribution >= 0.6 is 11.3 Å². The summed E-state index contributed by atoms with van der Waals surface area (Å²) in [7, 11) is 0. The number of benzene rings is 1. The molecule has 1 aromatic heterocycles. The standard InChI is InChI=1S/C19H23NO3S/c1-14-8-10-16(11-9-14)13-20-19(22)15(2)23-18(21)7-3-5-17-6-4-12-24-17/h4,6,8-12,15H,3,5,7,13H2,1-2H3,(H,20,22)/t15-/m0/s1. The van der Waals surface area contributed by atoms with Crippen LogP contribution in [0.1, 0.15) is 35.8 Å². The van der Waals surface area contributed by atoms with Crippen LogP contribution < -0.4 is 5.32 Å². The van der Waals surface area contributed by atoms with Crippen molar-refractivity contribution in [1.82, 2.24) is 5.32 Å². The van der Waals surface area contributed by atoms with Gasteiger partial charge in [0.05, 0.1) is 0 Å². The maximum atomic E-state index is 12.0. The lowest BCUT2D eigenvalue weighted by atomic mass is 10.1. The van der Waals surface area contributed by atoms with E-state index in [1.807, 2.05) is 42.6 Å². The third-order valence-electron chi connectivity index (χ3n) is 3.65.